The Morgan fingerprint density at radius 1 is 0.323 bits per heavy atom. The van der Waals surface area contributed by atoms with E-state index in [-0.39, 0.29) is 0 Å². The van der Waals surface area contributed by atoms with Gasteiger partial charge in [-0.1, -0.05) is 164 Å². The van der Waals surface area contributed by atoms with Crippen molar-refractivity contribution < 1.29 is 4.42 Å². The summed E-state index contributed by atoms with van der Waals surface area (Å²) in [5.74, 6) is 1.84. The minimum atomic E-state index is 0.606. The summed E-state index contributed by atoms with van der Waals surface area (Å²) >= 11 is 0. The number of hydrogen-bond donors (Lipinski definition) is 0. The first-order valence-electron chi connectivity index (χ1n) is 20.8. The van der Waals surface area contributed by atoms with Crippen LogP contribution in [-0.2, 0) is 0 Å². The molecule has 0 N–H and O–H groups in total. The summed E-state index contributed by atoms with van der Waals surface area (Å²) in [5.41, 5.74) is 14.4. The minimum absolute atomic E-state index is 0.606. The number of nitrogens with zero attached hydrogens (tertiary/aromatic N) is 4. The summed E-state index contributed by atoms with van der Waals surface area (Å²) in [5, 5.41) is 4.62. The van der Waals surface area contributed by atoms with Gasteiger partial charge in [-0.05, 0) is 88.0 Å². The fourth-order valence-corrected chi connectivity index (χ4v) is 8.94. The topological polar surface area (TPSA) is 56.7 Å². The first-order chi connectivity index (χ1) is 30.7. The average Bonchev–Trinajstić information content (AvgIpc) is 3.90. The van der Waals surface area contributed by atoms with Crippen LogP contribution in [0.25, 0.3) is 117 Å². The van der Waals surface area contributed by atoms with Gasteiger partial charge in [0.15, 0.2) is 17.5 Å². The molecule has 0 atom stereocenters. The van der Waals surface area contributed by atoms with Gasteiger partial charge in [0.05, 0.1) is 16.4 Å². The van der Waals surface area contributed by atoms with Crippen LogP contribution in [0.4, 0.5) is 0 Å². The van der Waals surface area contributed by atoms with Gasteiger partial charge in [0, 0.05) is 38.5 Å². The lowest BCUT2D eigenvalue weighted by Gasteiger charge is -2.14. The van der Waals surface area contributed by atoms with Crippen molar-refractivity contribution in [2.45, 2.75) is 0 Å². The van der Waals surface area contributed by atoms with Crippen LogP contribution in [0.15, 0.2) is 223 Å². The van der Waals surface area contributed by atoms with Crippen LogP contribution in [0.2, 0.25) is 0 Å². The van der Waals surface area contributed by atoms with E-state index >= 15 is 0 Å². The van der Waals surface area contributed by atoms with E-state index < -0.39 is 0 Å². The lowest BCUT2D eigenvalue weighted by Crippen LogP contribution is -2.01. The molecular formula is C57H36N4O. The van der Waals surface area contributed by atoms with E-state index in [1.54, 1.807) is 0 Å². The molecule has 9 aromatic carbocycles. The summed E-state index contributed by atoms with van der Waals surface area (Å²) in [7, 11) is 0. The zero-order chi connectivity index (χ0) is 41.0. The zero-order valence-corrected chi connectivity index (χ0v) is 33.5. The van der Waals surface area contributed by atoms with Crippen LogP contribution in [-0.4, -0.2) is 19.5 Å². The van der Waals surface area contributed by atoms with E-state index in [0.29, 0.717) is 17.5 Å². The smallest absolute Gasteiger partial charge is 0.164 e. The van der Waals surface area contributed by atoms with Gasteiger partial charge < -0.3 is 8.98 Å². The van der Waals surface area contributed by atoms with Crippen molar-refractivity contribution >= 4 is 43.7 Å². The van der Waals surface area contributed by atoms with E-state index in [4.69, 9.17) is 19.4 Å². The van der Waals surface area contributed by atoms with E-state index in [0.717, 1.165) is 88.7 Å². The molecule has 12 aromatic rings. The molecule has 0 amide bonds. The molecule has 3 aromatic heterocycles. The van der Waals surface area contributed by atoms with Crippen LogP contribution in [0.3, 0.4) is 0 Å². The molecule has 0 saturated heterocycles. The molecule has 290 valence electrons. The first-order valence-corrected chi connectivity index (χ1v) is 20.8. The van der Waals surface area contributed by atoms with Gasteiger partial charge >= 0.3 is 0 Å². The summed E-state index contributed by atoms with van der Waals surface area (Å²) in [6.45, 7) is 0. The third kappa shape index (κ3) is 6.06. The van der Waals surface area contributed by atoms with Crippen molar-refractivity contribution in [3.63, 3.8) is 0 Å². The van der Waals surface area contributed by atoms with E-state index in [1.165, 1.54) is 10.8 Å². The summed E-state index contributed by atoms with van der Waals surface area (Å²) < 4.78 is 8.78. The lowest BCUT2D eigenvalue weighted by molar-refractivity contribution is 0.669. The molecule has 0 bridgehead atoms. The molecule has 3 heterocycles. The van der Waals surface area contributed by atoms with Gasteiger partial charge in [-0.15, -0.1) is 0 Å². The third-order valence-electron chi connectivity index (χ3n) is 11.9. The molecule has 0 fully saturated rings. The lowest BCUT2D eigenvalue weighted by atomic mass is 9.94. The van der Waals surface area contributed by atoms with Crippen LogP contribution < -0.4 is 0 Å². The monoisotopic (exact) mass is 792 g/mol. The fourth-order valence-electron chi connectivity index (χ4n) is 8.94. The van der Waals surface area contributed by atoms with Gasteiger partial charge in [-0.2, -0.15) is 0 Å². The van der Waals surface area contributed by atoms with Crippen molar-refractivity contribution in [1.82, 2.24) is 19.5 Å². The molecule has 0 radical (unpaired) electrons. The number of benzene rings is 9. The Hall–Kier alpha value is -8.41. The number of hydrogen-bond acceptors (Lipinski definition) is 4. The molecule has 5 heteroatoms. The highest BCUT2D eigenvalue weighted by atomic mass is 16.3. The largest absolute Gasteiger partial charge is 0.456 e. The van der Waals surface area contributed by atoms with Crippen molar-refractivity contribution in [1.29, 1.82) is 0 Å². The standard InChI is InChI=1S/C57H36N4O/c1-4-16-37(17-5-1)42-30-31-47(49(36-42)38-18-6-2-7-19-38)57-59-55(39-20-8-3-9-21-39)58-56(60-57)43-24-14-22-40(34-43)41-23-15-25-44(35-41)61-50-28-12-10-26-45(50)46-32-33-52-53(54(46)61)48-27-11-13-29-51(48)62-52/h1-36H. The molecule has 0 aliphatic heterocycles. The van der Waals surface area contributed by atoms with Crippen LogP contribution in [0.5, 0.6) is 0 Å². The fraction of sp³-hybridized carbons (Fsp3) is 0. The van der Waals surface area contributed by atoms with E-state index in [2.05, 4.69) is 180 Å². The van der Waals surface area contributed by atoms with Crippen molar-refractivity contribution in [3.05, 3.63) is 218 Å². The van der Waals surface area contributed by atoms with Crippen LogP contribution in [0.1, 0.15) is 0 Å². The molecule has 0 aliphatic rings. The number of fused-ring (bicyclic) bond motifs is 7. The molecule has 0 saturated carbocycles. The second kappa shape index (κ2) is 14.7. The number of furan rings is 1. The highest BCUT2D eigenvalue weighted by Gasteiger charge is 2.20. The molecule has 12 rings (SSSR count). The number of rotatable bonds is 7. The number of aromatic nitrogens is 4. The Bertz CT molecular complexity index is 3630. The van der Waals surface area contributed by atoms with Crippen LogP contribution in [0, 0.1) is 0 Å². The van der Waals surface area contributed by atoms with Crippen molar-refractivity contribution in [2.75, 3.05) is 0 Å². The maximum atomic E-state index is 6.39. The molecule has 0 aliphatic carbocycles. The van der Waals surface area contributed by atoms with Gasteiger partial charge in [-0.25, -0.2) is 15.0 Å². The molecule has 5 nitrogen and oxygen atoms in total. The van der Waals surface area contributed by atoms with Crippen LogP contribution >= 0.6 is 0 Å². The quantitative estimate of drug-likeness (QED) is 0.161. The van der Waals surface area contributed by atoms with Gasteiger partial charge in [0.2, 0.25) is 0 Å². The highest BCUT2D eigenvalue weighted by molar-refractivity contribution is 6.24. The SMILES string of the molecule is c1ccc(-c2ccc(-c3nc(-c4ccccc4)nc(-c4cccc(-c5cccc(-n6c7ccccc7c7ccc8oc9ccccc9c8c76)c5)c4)n3)c(-c3ccccc3)c2)cc1. The Morgan fingerprint density at radius 3 is 1.69 bits per heavy atom. The van der Waals surface area contributed by atoms with Gasteiger partial charge in [-0.3, -0.25) is 0 Å². The normalized spacial score (nSPS) is 11.5. The zero-order valence-electron chi connectivity index (χ0n) is 33.5. The summed E-state index contributed by atoms with van der Waals surface area (Å²) in [6, 6.07) is 76.3. The minimum Gasteiger partial charge on any atom is -0.456 e. The van der Waals surface area contributed by atoms with Crippen molar-refractivity contribution in [2.24, 2.45) is 0 Å². The maximum Gasteiger partial charge on any atom is 0.164 e. The van der Waals surface area contributed by atoms with E-state index in [1.807, 2.05) is 42.5 Å². The predicted octanol–water partition coefficient (Wildman–Crippen LogP) is 14.9. The highest BCUT2D eigenvalue weighted by Crippen LogP contribution is 2.42. The maximum absolute atomic E-state index is 6.39. The molecule has 62 heavy (non-hydrogen) atoms. The van der Waals surface area contributed by atoms with E-state index in [9.17, 15) is 0 Å². The van der Waals surface area contributed by atoms with Gasteiger partial charge in [0.25, 0.3) is 0 Å². The first kappa shape index (κ1) is 35.5. The Balaban J connectivity index is 1.01. The summed E-state index contributed by atoms with van der Waals surface area (Å²) in [4.78, 5) is 15.6. The molecular weight excluding hydrogens is 757 g/mol. The Morgan fingerprint density at radius 2 is 0.903 bits per heavy atom. The Labute approximate surface area is 357 Å². The average molecular weight is 793 g/mol. The third-order valence-corrected chi connectivity index (χ3v) is 11.9. The summed E-state index contributed by atoms with van der Waals surface area (Å²) in [6.07, 6.45) is 0. The second-order valence-electron chi connectivity index (χ2n) is 15.6. The Kier molecular flexibility index (Phi) is 8.42. The van der Waals surface area contributed by atoms with Gasteiger partial charge in [0.1, 0.15) is 11.2 Å². The predicted molar refractivity (Wildman–Crippen MR) is 254 cm³/mol. The second-order valence-corrected chi connectivity index (χ2v) is 15.6. The number of para-hydroxylation sites is 2. The van der Waals surface area contributed by atoms with Crippen molar-refractivity contribution in [3.8, 4) is 73.2 Å². The molecule has 0 spiro atoms. The molecule has 0 unspecified atom stereocenters.